The lowest BCUT2D eigenvalue weighted by Gasteiger charge is -2.39. The molecule has 4 aromatic heterocycles. The number of nitrogens with one attached hydrogen (secondary N) is 3. The van der Waals surface area contributed by atoms with Crippen molar-refractivity contribution in [2.24, 2.45) is 14.1 Å². The lowest BCUT2D eigenvalue weighted by atomic mass is 9.89. The maximum Gasteiger partial charge on any atom is 0.329 e. The maximum absolute atomic E-state index is 13.8. The number of benzene rings is 3. The smallest absolute Gasteiger partial charge is 0.329 e. The van der Waals surface area contributed by atoms with Crippen molar-refractivity contribution in [3.63, 3.8) is 0 Å². The second-order valence-electron chi connectivity index (χ2n) is 18.2. The molecular formula is C48H53BrN15O5P. The van der Waals surface area contributed by atoms with Gasteiger partial charge in [-0.3, -0.25) is 44.0 Å². The molecule has 7 aromatic rings. The predicted molar refractivity (Wildman–Crippen MR) is 274 cm³/mol. The molecule has 0 aliphatic carbocycles. The summed E-state index contributed by atoms with van der Waals surface area (Å²) in [7, 11) is 2.56. The molecule has 3 fully saturated rings. The molecule has 10 rings (SSSR count). The average molecular weight is 1030 g/mol. The van der Waals surface area contributed by atoms with Gasteiger partial charge in [-0.1, -0.05) is 6.07 Å². The van der Waals surface area contributed by atoms with Crippen molar-refractivity contribution in [2.75, 3.05) is 93.2 Å². The van der Waals surface area contributed by atoms with E-state index in [1.807, 2.05) is 61.7 Å². The third kappa shape index (κ3) is 9.39. The van der Waals surface area contributed by atoms with Gasteiger partial charge in [0, 0.05) is 106 Å². The summed E-state index contributed by atoms with van der Waals surface area (Å²) in [6, 6.07) is 13.6. The van der Waals surface area contributed by atoms with Crippen molar-refractivity contribution in [3.8, 4) is 16.9 Å². The van der Waals surface area contributed by atoms with Crippen LogP contribution < -0.4 is 35.8 Å². The van der Waals surface area contributed by atoms with Crippen LogP contribution in [0.1, 0.15) is 30.7 Å². The van der Waals surface area contributed by atoms with Gasteiger partial charge in [0.15, 0.2) is 5.82 Å². The van der Waals surface area contributed by atoms with Gasteiger partial charge in [0.1, 0.15) is 24.2 Å². The molecule has 3 N–H and O–H groups in total. The van der Waals surface area contributed by atoms with Crippen LogP contribution in [0.4, 0.5) is 39.4 Å². The molecule has 3 aliphatic rings. The van der Waals surface area contributed by atoms with E-state index in [2.05, 4.69) is 79.0 Å². The lowest BCUT2D eigenvalue weighted by molar-refractivity contribution is -0.133. The average Bonchev–Trinajstić information content (AvgIpc) is 3.93. The quantitative estimate of drug-likeness (QED) is 0.117. The number of likely N-dealkylation sites (tertiary alicyclic amines) is 1. The van der Waals surface area contributed by atoms with Gasteiger partial charge >= 0.3 is 6.03 Å². The number of methoxy groups -OCH3 is 1. The lowest BCUT2D eigenvalue weighted by Crippen LogP contribution is -2.52. The van der Waals surface area contributed by atoms with Gasteiger partial charge in [0.2, 0.25) is 17.8 Å². The fourth-order valence-corrected chi connectivity index (χ4v) is 11.4. The Morgan fingerprint density at radius 2 is 1.70 bits per heavy atom. The molecule has 3 saturated heterocycles. The number of aryl methyl sites for hydroxylation is 2. The Balaban J connectivity index is 0.799. The number of anilines is 6. The number of piperidine rings is 1. The molecule has 3 aromatic carbocycles. The predicted octanol–water partition coefficient (Wildman–Crippen LogP) is 6.19. The first-order valence-corrected chi connectivity index (χ1v) is 26.5. The standard InChI is InChI=1S/C48H53BrN15O5P/c1-59-27-31(25-53-59)33-23-37(55-47-52-26-34(49)45(57-47)54-36-9-8-35-43(51-14-13-50-35)44(36)70(4,5)68)40(69-3)24-39(33)62-18-20-63(21-19-62)42(66)28-61-15-10-29(11-16-61)30-6-7-32-38(22-30)60(2)58-46(32)64-17-12-41(65)56-48(64)67/h6-9,13-14,22-27,29H,10-12,15-21,28H2,1-5H3,(H,56,65,67)(H2,52,54,55,57). The van der Waals surface area contributed by atoms with Crippen LogP contribution in [0.5, 0.6) is 5.75 Å². The van der Waals surface area contributed by atoms with Gasteiger partial charge in [-0.15, -0.1) is 0 Å². The Bertz CT molecular complexity index is 3230. The minimum absolute atomic E-state index is 0.127. The van der Waals surface area contributed by atoms with Crippen molar-refractivity contribution in [3.05, 3.63) is 83.5 Å². The number of ether oxygens (including phenoxy) is 1. The van der Waals surface area contributed by atoms with Crippen LogP contribution in [0.15, 0.2) is 77.9 Å². The molecule has 0 bridgehead atoms. The maximum atomic E-state index is 13.8. The number of hydrogen-bond acceptors (Lipinski definition) is 15. The Kier molecular flexibility index (Phi) is 12.8. The molecule has 4 amide bonds. The summed E-state index contributed by atoms with van der Waals surface area (Å²) in [4.78, 5) is 64.5. The SMILES string of the molecule is COc1cc(N2CCN(C(=O)CN3CCC(c4ccc5c(N6CCC(=O)NC6=O)nn(C)c5c4)CC3)CC2)c(-c2cnn(C)c2)cc1Nc1ncc(Br)c(Nc2ccc3nccnc3c2P(C)(C)=O)n1. The first-order chi connectivity index (χ1) is 33.7. The van der Waals surface area contributed by atoms with E-state index in [4.69, 9.17) is 9.72 Å². The van der Waals surface area contributed by atoms with E-state index in [-0.39, 0.29) is 18.2 Å². The number of fused-ring (bicyclic) bond motifs is 2. The molecule has 0 spiro atoms. The zero-order valence-corrected chi connectivity index (χ0v) is 42.0. The fourth-order valence-electron chi connectivity index (χ4n) is 9.71. The summed E-state index contributed by atoms with van der Waals surface area (Å²) in [6.07, 6.45) is 10.7. The molecule has 22 heteroatoms. The van der Waals surface area contributed by atoms with E-state index in [0.717, 1.165) is 53.6 Å². The Hall–Kier alpha value is -6.96. The third-order valence-electron chi connectivity index (χ3n) is 13.3. The molecule has 7 heterocycles. The molecule has 0 saturated carbocycles. The van der Waals surface area contributed by atoms with Crippen molar-refractivity contribution in [1.82, 2.24) is 54.6 Å². The van der Waals surface area contributed by atoms with Crippen LogP contribution in [0.25, 0.3) is 33.1 Å². The Morgan fingerprint density at radius 3 is 2.43 bits per heavy atom. The molecule has 0 atom stereocenters. The molecule has 20 nitrogen and oxygen atoms in total. The Morgan fingerprint density at radius 1 is 0.914 bits per heavy atom. The summed E-state index contributed by atoms with van der Waals surface area (Å²) in [5, 5.41) is 19.7. The highest BCUT2D eigenvalue weighted by Crippen LogP contribution is 2.43. The number of piperazine rings is 1. The fraction of sp³-hybridized carbons (Fsp3) is 0.354. The molecule has 3 aliphatic heterocycles. The normalized spacial score (nSPS) is 16.3. The van der Waals surface area contributed by atoms with Gasteiger partial charge in [0.05, 0.1) is 52.0 Å². The first kappa shape index (κ1) is 46.8. The van der Waals surface area contributed by atoms with Crippen LogP contribution in [0.3, 0.4) is 0 Å². The zero-order valence-electron chi connectivity index (χ0n) is 39.5. The van der Waals surface area contributed by atoms with Gasteiger partial charge < -0.3 is 29.7 Å². The summed E-state index contributed by atoms with van der Waals surface area (Å²) >= 11 is 3.60. The van der Waals surface area contributed by atoms with Crippen molar-refractivity contribution < 1.29 is 23.7 Å². The van der Waals surface area contributed by atoms with Gasteiger partial charge in [-0.05, 0) is 97.0 Å². The highest BCUT2D eigenvalue weighted by atomic mass is 79.9. The summed E-state index contributed by atoms with van der Waals surface area (Å²) in [5.74, 6) is 2.08. The number of aromatic nitrogens is 8. The summed E-state index contributed by atoms with van der Waals surface area (Å²) in [5.41, 5.74) is 7.40. The molecule has 0 unspecified atom stereocenters. The largest absolute Gasteiger partial charge is 0.494 e. The van der Waals surface area contributed by atoms with Crippen molar-refractivity contribution in [1.29, 1.82) is 0 Å². The number of carbonyl (C=O) groups is 3. The number of hydrogen-bond donors (Lipinski definition) is 3. The second kappa shape index (κ2) is 19.1. The zero-order chi connectivity index (χ0) is 48.8. The van der Waals surface area contributed by atoms with Gasteiger partial charge in [-0.25, -0.2) is 9.78 Å². The number of nitrogens with zero attached hydrogens (tertiary/aromatic N) is 12. The third-order valence-corrected chi connectivity index (χ3v) is 15.4. The number of halogens is 1. The highest BCUT2D eigenvalue weighted by molar-refractivity contribution is 9.10. The molecule has 70 heavy (non-hydrogen) atoms. The van der Waals surface area contributed by atoms with Crippen LogP contribution in [0.2, 0.25) is 0 Å². The highest BCUT2D eigenvalue weighted by Gasteiger charge is 2.31. The van der Waals surface area contributed by atoms with Crippen molar-refractivity contribution in [2.45, 2.75) is 25.2 Å². The second-order valence-corrected chi connectivity index (χ2v) is 22.2. The molecular weight excluding hydrogens is 978 g/mol. The van der Waals surface area contributed by atoms with Crippen molar-refractivity contribution >= 4 is 103 Å². The van der Waals surface area contributed by atoms with E-state index in [1.54, 1.807) is 48.4 Å². The minimum atomic E-state index is -2.82. The van der Waals surface area contributed by atoms with Gasteiger partial charge in [0.25, 0.3) is 0 Å². The van der Waals surface area contributed by atoms with Crippen LogP contribution in [0, 0.1) is 0 Å². The number of urea groups is 1. The number of carbonyl (C=O) groups excluding carboxylic acids is 3. The van der Waals surface area contributed by atoms with E-state index < -0.39 is 13.2 Å². The van der Waals surface area contributed by atoms with E-state index in [0.29, 0.717) is 101 Å². The van der Waals surface area contributed by atoms with Crippen LogP contribution >= 0.6 is 23.1 Å². The van der Waals surface area contributed by atoms with E-state index in [9.17, 15) is 18.9 Å². The van der Waals surface area contributed by atoms with Crippen LogP contribution in [-0.4, -0.2) is 140 Å². The number of rotatable bonds is 12. The summed E-state index contributed by atoms with van der Waals surface area (Å²) in [6.45, 7) is 8.12. The Labute approximate surface area is 412 Å². The first-order valence-electron chi connectivity index (χ1n) is 23.1. The van der Waals surface area contributed by atoms with E-state index >= 15 is 0 Å². The minimum Gasteiger partial charge on any atom is -0.494 e. The number of imide groups is 1. The van der Waals surface area contributed by atoms with E-state index in [1.165, 1.54) is 10.5 Å². The molecule has 0 radical (unpaired) electrons. The number of amides is 4. The monoisotopic (exact) mass is 1030 g/mol. The molecule has 362 valence electrons. The summed E-state index contributed by atoms with van der Waals surface area (Å²) < 4.78 is 23.8. The topological polar surface area (TPSA) is 214 Å². The van der Waals surface area contributed by atoms with Gasteiger partial charge in [-0.2, -0.15) is 15.2 Å². The van der Waals surface area contributed by atoms with Crippen LogP contribution in [-0.2, 0) is 28.2 Å².